The minimum atomic E-state index is -1.58. The average molecular weight is 356 g/mol. The van der Waals surface area contributed by atoms with Crippen LogP contribution in [0.1, 0.15) is 37.6 Å². The summed E-state index contributed by atoms with van der Waals surface area (Å²) in [6, 6.07) is 27.1. The maximum absolute atomic E-state index is 2.58. The summed E-state index contributed by atoms with van der Waals surface area (Å²) in [6.45, 7) is 2.30. The number of allylic oxidation sites excluding steroid dienone is 1. The van der Waals surface area contributed by atoms with E-state index in [1.54, 1.807) is 11.1 Å². The van der Waals surface area contributed by atoms with Crippen LogP contribution in [0.2, 0.25) is 0 Å². The summed E-state index contributed by atoms with van der Waals surface area (Å²) in [5.74, 6) is 0. The molecule has 5 rings (SSSR count). The number of benzene rings is 3. The van der Waals surface area contributed by atoms with Crippen LogP contribution in [-0.4, -0.2) is 4.31 Å². The molecule has 120 valence electrons. The van der Waals surface area contributed by atoms with Crippen molar-refractivity contribution in [3.05, 3.63) is 101 Å². The molecule has 0 radical (unpaired) electrons. The van der Waals surface area contributed by atoms with Crippen LogP contribution in [0.4, 0.5) is 0 Å². The molecule has 0 fully saturated rings. The van der Waals surface area contributed by atoms with Gasteiger partial charge in [-0.05, 0) is 0 Å². The predicted molar refractivity (Wildman–Crippen MR) is 104 cm³/mol. The van der Waals surface area contributed by atoms with Gasteiger partial charge in [-0.15, -0.1) is 0 Å². The van der Waals surface area contributed by atoms with Gasteiger partial charge in [0.05, 0.1) is 0 Å². The summed E-state index contributed by atoms with van der Waals surface area (Å²) in [5.41, 5.74) is 8.95. The Hall–Kier alpha value is -2.02. The van der Waals surface area contributed by atoms with Crippen LogP contribution in [0.25, 0.3) is 17.2 Å². The molecule has 0 aliphatic heterocycles. The molecule has 2 aliphatic rings. The fourth-order valence-electron chi connectivity index (χ4n) is 4.58. The molecule has 0 saturated carbocycles. The second-order valence-electron chi connectivity index (χ2n) is 6.86. The van der Waals surface area contributed by atoms with Crippen LogP contribution in [-0.2, 0) is 17.4 Å². The van der Waals surface area contributed by atoms with E-state index in [1.807, 2.05) is 0 Å². The molecule has 25 heavy (non-hydrogen) atoms. The van der Waals surface area contributed by atoms with E-state index in [4.69, 9.17) is 0 Å². The first-order valence-corrected chi connectivity index (χ1v) is 11.7. The maximum atomic E-state index is 2.58. The predicted octanol–water partition coefficient (Wildman–Crippen LogP) is 5.96. The van der Waals surface area contributed by atoms with Crippen molar-refractivity contribution in [1.82, 2.24) is 0 Å². The standard InChI is InChI=1S/C13H9.C9H7.C2H4.Ti/c1-3-7-12-10(5-1)9-11-6-2-4-8-13(11)12;1-2-5-9-7-3-6-8(9)4-1;1-2;/h1-9H;1-7H;1H,2H3;. The fraction of sp³-hybridized carbons (Fsp3) is 0.125. The van der Waals surface area contributed by atoms with Gasteiger partial charge in [0.2, 0.25) is 0 Å². The number of hydrogen-bond donors (Lipinski definition) is 0. The van der Waals surface area contributed by atoms with Gasteiger partial charge in [-0.25, -0.2) is 0 Å². The van der Waals surface area contributed by atoms with Gasteiger partial charge < -0.3 is 0 Å². The molecule has 0 N–H and O–H groups in total. The van der Waals surface area contributed by atoms with E-state index in [1.165, 1.54) is 22.3 Å². The van der Waals surface area contributed by atoms with Gasteiger partial charge in [-0.2, -0.15) is 0 Å². The summed E-state index contributed by atoms with van der Waals surface area (Å²) >= 11 is -1.58. The fourth-order valence-corrected chi connectivity index (χ4v) is 9.60. The van der Waals surface area contributed by atoms with E-state index in [9.17, 15) is 0 Å². The van der Waals surface area contributed by atoms with Gasteiger partial charge in [0.1, 0.15) is 0 Å². The van der Waals surface area contributed by atoms with Gasteiger partial charge in [0, 0.05) is 0 Å². The van der Waals surface area contributed by atoms with Crippen LogP contribution in [0.5, 0.6) is 0 Å². The number of rotatable bonds is 2. The zero-order valence-electron chi connectivity index (χ0n) is 14.3. The molecule has 0 aromatic heterocycles. The second-order valence-corrected chi connectivity index (χ2v) is 11.2. The van der Waals surface area contributed by atoms with E-state index in [0.29, 0.717) is 8.45 Å². The Kier molecular flexibility index (Phi) is 3.70. The normalized spacial score (nSPS) is 18.1. The Balaban J connectivity index is 1.69. The average Bonchev–Trinajstić information content (AvgIpc) is 3.24. The van der Waals surface area contributed by atoms with E-state index >= 15 is 0 Å². The monoisotopic (exact) mass is 356 g/mol. The number of hydrogen-bond acceptors (Lipinski definition) is 0. The molecule has 1 heteroatoms. The summed E-state index contributed by atoms with van der Waals surface area (Å²) < 4.78 is 3.80. The summed E-state index contributed by atoms with van der Waals surface area (Å²) in [4.78, 5) is 0. The van der Waals surface area contributed by atoms with Crippen molar-refractivity contribution < 1.29 is 17.4 Å². The molecule has 2 aliphatic carbocycles. The van der Waals surface area contributed by atoms with Gasteiger partial charge in [-0.3, -0.25) is 0 Å². The first kappa shape index (κ1) is 15.3. The van der Waals surface area contributed by atoms with E-state index in [-0.39, 0.29) is 0 Å². The third-order valence-electron chi connectivity index (χ3n) is 5.66. The van der Waals surface area contributed by atoms with Crippen LogP contribution in [0.3, 0.4) is 0 Å². The molecule has 0 heterocycles. The SMILES string of the molecule is C[CH]=[Ti]([CH]1C=Cc2ccccc21)[CH]1c2ccccc2-c2ccccc21. The second kappa shape index (κ2) is 6.06. The Morgan fingerprint density at radius 1 is 0.720 bits per heavy atom. The van der Waals surface area contributed by atoms with Gasteiger partial charge in [-0.1, -0.05) is 0 Å². The number of fused-ring (bicyclic) bond motifs is 4. The summed E-state index contributed by atoms with van der Waals surface area (Å²) in [5, 5.41) is 0. The summed E-state index contributed by atoms with van der Waals surface area (Å²) in [7, 11) is 0. The quantitative estimate of drug-likeness (QED) is 0.497. The van der Waals surface area contributed by atoms with Crippen molar-refractivity contribution in [3.8, 4) is 11.1 Å². The first-order valence-electron chi connectivity index (χ1n) is 9.00. The topological polar surface area (TPSA) is 0 Å². The van der Waals surface area contributed by atoms with Crippen LogP contribution in [0.15, 0.2) is 78.9 Å². The first-order chi connectivity index (χ1) is 12.4. The third kappa shape index (κ3) is 2.29. The molecule has 0 amide bonds. The van der Waals surface area contributed by atoms with Crippen molar-refractivity contribution >= 4 is 10.4 Å². The van der Waals surface area contributed by atoms with Gasteiger partial charge in [0.25, 0.3) is 0 Å². The van der Waals surface area contributed by atoms with Gasteiger partial charge in [0.15, 0.2) is 0 Å². The Bertz CT molecular complexity index is 980. The minimum absolute atomic E-state index is 0.596. The molecule has 3 aromatic rings. The van der Waals surface area contributed by atoms with Crippen LogP contribution >= 0.6 is 0 Å². The Labute approximate surface area is 155 Å². The van der Waals surface area contributed by atoms with Crippen LogP contribution in [0, 0.1) is 0 Å². The molecule has 0 spiro atoms. The van der Waals surface area contributed by atoms with Crippen molar-refractivity contribution in [2.24, 2.45) is 0 Å². The van der Waals surface area contributed by atoms with E-state index < -0.39 is 17.4 Å². The van der Waals surface area contributed by atoms with E-state index in [0.717, 1.165) is 0 Å². The Morgan fingerprint density at radius 2 is 1.28 bits per heavy atom. The molecule has 1 atom stereocenters. The van der Waals surface area contributed by atoms with Crippen molar-refractivity contribution in [1.29, 1.82) is 0 Å². The molecule has 3 aromatic carbocycles. The zero-order valence-corrected chi connectivity index (χ0v) is 15.9. The molecular weight excluding hydrogens is 336 g/mol. The Morgan fingerprint density at radius 3 is 1.92 bits per heavy atom. The molecule has 0 saturated heterocycles. The zero-order chi connectivity index (χ0) is 16.8. The van der Waals surface area contributed by atoms with Crippen molar-refractivity contribution in [2.75, 3.05) is 0 Å². The molecule has 1 unspecified atom stereocenters. The van der Waals surface area contributed by atoms with Gasteiger partial charge >= 0.3 is 155 Å². The van der Waals surface area contributed by atoms with Crippen molar-refractivity contribution in [2.45, 2.75) is 15.4 Å². The molecular formula is C24H20Ti. The van der Waals surface area contributed by atoms with Crippen molar-refractivity contribution in [3.63, 3.8) is 0 Å². The third-order valence-corrected chi connectivity index (χ3v) is 10.6. The molecule has 0 bridgehead atoms. The summed E-state index contributed by atoms with van der Waals surface area (Å²) in [6.07, 6.45) is 4.81. The van der Waals surface area contributed by atoms with Crippen LogP contribution < -0.4 is 0 Å². The van der Waals surface area contributed by atoms with E-state index in [2.05, 4.69) is 96.2 Å². The molecule has 0 nitrogen and oxygen atoms in total.